The van der Waals surface area contributed by atoms with Crippen LogP contribution in [0.5, 0.6) is 0 Å². The van der Waals surface area contributed by atoms with Crippen molar-refractivity contribution in [1.82, 2.24) is 15.3 Å². The minimum absolute atomic E-state index is 0.0584. The number of fused-ring (bicyclic) bond motifs is 2. The molecule has 0 bridgehead atoms. The summed E-state index contributed by atoms with van der Waals surface area (Å²) in [6.07, 6.45) is 7.97. The molecule has 2 N–H and O–H groups in total. The number of nitrogens with one attached hydrogen (secondary N) is 2. The average molecular weight is 548 g/mol. The number of amides is 1. The number of benzene rings is 3. The van der Waals surface area contributed by atoms with Crippen LogP contribution in [-0.4, -0.2) is 47.8 Å². The van der Waals surface area contributed by atoms with Gasteiger partial charge in [0.25, 0.3) is 5.91 Å². The van der Waals surface area contributed by atoms with Crippen molar-refractivity contribution in [2.75, 3.05) is 24.3 Å². The lowest BCUT2D eigenvalue weighted by molar-refractivity contribution is 0.0917. The van der Waals surface area contributed by atoms with E-state index in [4.69, 9.17) is 9.97 Å². The molecular weight excluding hydrogens is 510 g/mol. The predicted molar refractivity (Wildman–Crippen MR) is 164 cm³/mol. The summed E-state index contributed by atoms with van der Waals surface area (Å²) in [5.74, 6) is 1.40. The Bertz CT molecular complexity index is 1580. The van der Waals surface area contributed by atoms with Crippen LogP contribution in [-0.2, 0) is 12.8 Å². The van der Waals surface area contributed by atoms with E-state index in [1.807, 2.05) is 68.7 Å². The van der Waals surface area contributed by atoms with Gasteiger partial charge in [-0.1, -0.05) is 60.7 Å². The van der Waals surface area contributed by atoms with Gasteiger partial charge in [-0.3, -0.25) is 9.59 Å². The molecule has 0 unspecified atom stereocenters. The molecule has 1 aromatic heterocycles. The summed E-state index contributed by atoms with van der Waals surface area (Å²) in [5.41, 5.74) is 3.92. The van der Waals surface area contributed by atoms with E-state index >= 15 is 0 Å². The molecule has 4 aromatic rings. The summed E-state index contributed by atoms with van der Waals surface area (Å²) in [5, 5.41) is 8.69. The molecule has 7 heteroatoms. The maximum atomic E-state index is 13.6. The number of hydrogen-bond donors (Lipinski definition) is 2. The monoisotopic (exact) mass is 547 g/mol. The van der Waals surface area contributed by atoms with Gasteiger partial charge in [0.2, 0.25) is 5.95 Å². The Morgan fingerprint density at radius 3 is 2.22 bits per heavy atom. The van der Waals surface area contributed by atoms with Crippen LogP contribution in [0.2, 0.25) is 0 Å². The second-order valence-electron chi connectivity index (χ2n) is 11.5. The van der Waals surface area contributed by atoms with Gasteiger partial charge in [0, 0.05) is 42.9 Å². The second-order valence-corrected chi connectivity index (χ2v) is 11.5. The van der Waals surface area contributed by atoms with E-state index in [-0.39, 0.29) is 23.8 Å². The first-order chi connectivity index (χ1) is 20.0. The van der Waals surface area contributed by atoms with E-state index < -0.39 is 0 Å². The van der Waals surface area contributed by atoms with Gasteiger partial charge in [-0.25, -0.2) is 4.98 Å². The summed E-state index contributed by atoms with van der Waals surface area (Å²) in [7, 11) is 4.09. The fraction of sp³-hybridized carbons (Fsp3) is 0.353. The van der Waals surface area contributed by atoms with Gasteiger partial charge >= 0.3 is 0 Å². The van der Waals surface area contributed by atoms with Crippen molar-refractivity contribution in [2.45, 2.75) is 63.5 Å². The van der Waals surface area contributed by atoms with Crippen molar-refractivity contribution >= 4 is 34.2 Å². The van der Waals surface area contributed by atoms with Crippen LogP contribution in [0.3, 0.4) is 0 Å². The summed E-state index contributed by atoms with van der Waals surface area (Å²) in [4.78, 5) is 38.9. The lowest BCUT2D eigenvalue weighted by atomic mass is 9.90. The largest absolute Gasteiger partial charge is 0.362 e. The molecule has 7 nitrogen and oxygen atoms in total. The molecule has 41 heavy (non-hydrogen) atoms. The fourth-order valence-corrected chi connectivity index (χ4v) is 6.28. The van der Waals surface area contributed by atoms with Crippen LogP contribution < -0.4 is 15.5 Å². The highest BCUT2D eigenvalue weighted by Crippen LogP contribution is 2.30. The number of anilines is 2. The van der Waals surface area contributed by atoms with Crippen molar-refractivity contribution in [3.63, 3.8) is 0 Å². The van der Waals surface area contributed by atoms with Gasteiger partial charge in [-0.2, -0.15) is 4.98 Å². The summed E-state index contributed by atoms with van der Waals surface area (Å²) >= 11 is 0. The Labute approximate surface area is 241 Å². The number of carbonyl (C=O) groups is 2. The third kappa shape index (κ3) is 5.67. The molecule has 2 aliphatic rings. The molecule has 1 amide bonds. The summed E-state index contributed by atoms with van der Waals surface area (Å²) in [6, 6.07) is 21.0. The number of hydrogen-bond acceptors (Lipinski definition) is 6. The zero-order chi connectivity index (χ0) is 28.3. The van der Waals surface area contributed by atoms with Crippen molar-refractivity contribution in [3.8, 4) is 0 Å². The third-order valence-corrected chi connectivity index (χ3v) is 8.43. The number of aryl methyl sites for hydroxylation is 1. The average Bonchev–Trinajstić information content (AvgIpc) is 3.01. The lowest BCUT2D eigenvalue weighted by Crippen LogP contribution is -2.40. The Balaban J connectivity index is 1.11. The minimum atomic E-state index is -0.195. The smallest absolute Gasteiger partial charge is 0.252 e. The highest BCUT2D eigenvalue weighted by atomic mass is 16.2. The highest BCUT2D eigenvalue weighted by Gasteiger charge is 2.26. The van der Waals surface area contributed by atoms with Crippen molar-refractivity contribution < 1.29 is 9.59 Å². The van der Waals surface area contributed by atoms with E-state index in [1.54, 1.807) is 12.1 Å². The molecule has 0 saturated heterocycles. The maximum absolute atomic E-state index is 13.6. The summed E-state index contributed by atoms with van der Waals surface area (Å²) in [6.45, 7) is 0. The number of ketones is 1. The minimum Gasteiger partial charge on any atom is -0.362 e. The first-order valence-electron chi connectivity index (χ1n) is 14.7. The first-order valence-corrected chi connectivity index (χ1v) is 14.7. The van der Waals surface area contributed by atoms with Gasteiger partial charge in [-0.05, 0) is 68.2 Å². The van der Waals surface area contributed by atoms with Crippen LogP contribution in [0, 0.1) is 0 Å². The molecule has 1 fully saturated rings. The van der Waals surface area contributed by atoms with Gasteiger partial charge < -0.3 is 15.5 Å². The normalized spacial score (nSPS) is 18.4. The van der Waals surface area contributed by atoms with E-state index in [1.165, 1.54) is 24.1 Å². The van der Waals surface area contributed by atoms with Gasteiger partial charge in [0.1, 0.15) is 5.82 Å². The molecule has 0 radical (unpaired) electrons. The Hall–Kier alpha value is -4.26. The Kier molecular flexibility index (Phi) is 7.68. The van der Waals surface area contributed by atoms with Crippen LogP contribution >= 0.6 is 0 Å². The standard InChI is InChI=1S/C34H37N5O2/c1-39(2)32-29-15-7-8-17-30(29)37-34(38-32)36-24-20-18-23(19-21-24)35-33(41)28-14-6-5-13-27(28)31(40)26-16-9-11-22-10-3-4-12-25(22)26/h3-6,9-14,16,23-24H,7-8,15,17-21H2,1-2H3,(H,35,41)(H,36,37,38). The predicted octanol–water partition coefficient (Wildman–Crippen LogP) is 5.96. The molecule has 2 aliphatic carbocycles. The molecule has 1 saturated carbocycles. The molecule has 0 aliphatic heterocycles. The molecule has 210 valence electrons. The second kappa shape index (κ2) is 11.7. The van der Waals surface area contributed by atoms with E-state index in [0.29, 0.717) is 22.6 Å². The van der Waals surface area contributed by atoms with E-state index in [9.17, 15) is 9.59 Å². The topological polar surface area (TPSA) is 87.2 Å². The zero-order valence-electron chi connectivity index (χ0n) is 23.8. The first kappa shape index (κ1) is 26.9. The Morgan fingerprint density at radius 1 is 0.756 bits per heavy atom. The fourth-order valence-electron chi connectivity index (χ4n) is 6.28. The molecule has 6 rings (SSSR count). The van der Waals surface area contributed by atoms with Crippen LogP contribution in [0.1, 0.15) is 76.1 Å². The van der Waals surface area contributed by atoms with Gasteiger partial charge in [-0.15, -0.1) is 0 Å². The number of carbonyl (C=O) groups excluding carboxylic acids is 2. The van der Waals surface area contributed by atoms with Crippen molar-refractivity contribution in [1.29, 1.82) is 0 Å². The summed E-state index contributed by atoms with van der Waals surface area (Å²) < 4.78 is 0. The van der Waals surface area contributed by atoms with Crippen LogP contribution in [0.4, 0.5) is 11.8 Å². The van der Waals surface area contributed by atoms with Crippen LogP contribution in [0.15, 0.2) is 66.7 Å². The number of nitrogens with zero attached hydrogens (tertiary/aromatic N) is 3. The molecule has 3 aromatic carbocycles. The molecule has 1 heterocycles. The van der Waals surface area contributed by atoms with E-state index in [0.717, 1.165) is 55.1 Å². The van der Waals surface area contributed by atoms with Gasteiger partial charge in [0.15, 0.2) is 5.78 Å². The molecule has 0 atom stereocenters. The van der Waals surface area contributed by atoms with Gasteiger partial charge in [0.05, 0.1) is 11.3 Å². The van der Waals surface area contributed by atoms with Crippen molar-refractivity contribution in [2.24, 2.45) is 0 Å². The Morgan fingerprint density at radius 2 is 1.41 bits per heavy atom. The molecular formula is C34H37N5O2. The molecule has 0 spiro atoms. The maximum Gasteiger partial charge on any atom is 0.252 e. The zero-order valence-corrected chi connectivity index (χ0v) is 23.8. The number of rotatable bonds is 7. The highest BCUT2D eigenvalue weighted by molar-refractivity contribution is 6.20. The lowest BCUT2D eigenvalue weighted by Gasteiger charge is -2.30. The van der Waals surface area contributed by atoms with E-state index in [2.05, 4.69) is 15.5 Å². The number of aromatic nitrogens is 2. The van der Waals surface area contributed by atoms with Crippen molar-refractivity contribution in [3.05, 3.63) is 94.7 Å². The SMILES string of the molecule is CN(C)c1nc(NC2CCC(NC(=O)c3ccccc3C(=O)c3cccc4ccccc34)CC2)nc2c1CCCC2. The quantitative estimate of drug-likeness (QED) is 0.278. The third-order valence-electron chi connectivity index (χ3n) is 8.43. The van der Waals surface area contributed by atoms with Crippen LogP contribution in [0.25, 0.3) is 10.8 Å².